The standard InChI is InChI=1S/C16H25N3O4/c1-4-6-14(20)11-17-15(21)18-12-7-9-13(10-8-12)19(3)16(22)23-5-2/h7-10,14,20H,4-6,11H2,1-3H3,(H2,17,18,21)/t14-/m1/s1. The zero-order valence-corrected chi connectivity index (χ0v) is 13.8. The number of rotatable bonds is 7. The molecule has 0 saturated heterocycles. The first-order valence-electron chi connectivity index (χ1n) is 7.71. The van der Waals surface area contributed by atoms with Crippen molar-refractivity contribution in [3.63, 3.8) is 0 Å². The summed E-state index contributed by atoms with van der Waals surface area (Å²) in [5, 5.41) is 14.8. The monoisotopic (exact) mass is 323 g/mol. The Bertz CT molecular complexity index is 505. The lowest BCUT2D eigenvalue weighted by atomic mass is 10.2. The highest BCUT2D eigenvalue weighted by molar-refractivity contribution is 5.90. The van der Waals surface area contributed by atoms with Crippen LogP contribution in [-0.2, 0) is 4.74 Å². The Kier molecular flexibility index (Phi) is 7.90. The van der Waals surface area contributed by atoms with Crippen molar-refractivity contribution in [2.75, 3.05) is 30.4 Å². The second-order valence-electron chi connectivity index (χ2n) is 5.08. The number of amides is 3. The van der Waals surface area contributed by atoms with Crippen LogP contribution >= 0.6 is 0 Å². The smallest absolute Gasteiger partial charge is 0.413 e. The van der Waals surface area contributed by atoms with E-state index in [2.05, 4.69) is 10.6 Å². The SMILES string of the molecule is CCC[C@@H](O)CNC(=O)Nc1ccc(N(C)C(=O)OCC)cc1. The molecule has 3 N–H and O–H groups in total. The average molecular weight is 323 g/mol. The van der Waals surface area contributed by atoms with Gasteiger partial charge in [0.2, 0.25) is 0 Å². The van der Waals surface area contributed by atoms with Gasteiger partial charge in [-0.1, -0.05) is 13.3 Å². The molecule has 0 spiro atoms. The molecule has 0 bridgehead atoms. The molecule has 0 radical (unpaired) electrons. The van der Waals surface area contributed by atoms with Crippen LogP contribution in [0, 0.1) is 0 Å². The first kappa shape index (κ1) is 18.8. The van der Waals surface area contributed by atoms with Gasteiger partial charge in [0.05, 0.1) is 12.7 Å². The third kappa shape index (κ3) is 6.56. The van der Waals surface area contributed by atoms with E-state index in [-0.39, 0.29) is 12.6 Å². The molecule has 1 aromatic carbocycles. The van der Waals surface area contributed by atoms with Crippen molar-refractivity contribution in [1.29, 1.82) is 0 Å². The van der Waals surface area contributed by atoms with Crippen LogP contribution in [0.1, 0.15) is 26.7 Å². The zero-order valence-electron chi connectivity index (χ0n) is 13.8. The van der Waals surface area contributed by atoms with Gasteiger partial charge in [-0.25, -0.2) is 9.59 Å². The zero-order chi connectivity index (χ0) is 17.2. The Hall–Kier alpha value is -2.28. The minimum atomic E-state index is -0.536. The van der Waals surface area contributed by atoms with Gasteiger partial charge in [-0.3, -0.25) is 4.90 Å². The lowest BCUT2D eigenvalue weighted by Gasteiger charge is -2.17. The first-order valence-corrected chi connectivity index (χ1v) is 7.71. The lowest BCUT2D eigenvalue weighted by Crippen LogP contribution is -2.35. The van der Waals surface area contributed by atoms with Crippen LogP contribution in [0.3, 0.4) is 0 Å². The predicted molar refractivity (Wildman–Crippen MR) is 89.8 cm³/mol. The molecule has 1 rings (SSSR count). The van der Waals surface area contributed by atoms with Gasteiger partial charge >= 0.3 is 12.1 Å². The summed E-state index contributed by atoms with van der Waals surface area (Å²) in [5.41, 5.74) is 1.25. The van der Waals surface area contributed by atoms with Gasteiger partial charge in [0.1, 0.15) is 0 Å². The number of anilines is 2. The molecule has 0 fully saturated rings. The number of aliphatic hydroxyl groups excluding tert-OH is 1. The van der Waals surface area contributed by atoms with Crippen molar-refractivity contribution >= 4 is 23.5 Å². The number of carbonyl (C=O) groups excluding carboxylic acids is 2. The second kappa shape index (κ2) is 9.68. The number of nitrogens with one attached hydrogen (secondary N) is 2. The van der Waals surface area contributed by atoms with Crippen molar-refractivity contribution in [3.8, 4) is 0 Å². The summed E-state index contributed by atoms with van der Waals surface area (Å²) in [6.07, 6.45) is 0.539. The Labute approximate surface area is 136 Å². The molecule has 0 aliphatic carbocycles. The van der Waals surface area contributed by atoms with Crippen molar-refractivity contribution < 1.29 is 19.4 Å². The summed E-state index contributed by atoms with van der Waals surface area (Å²) in [7, 11) is 1.61. The highest BCUT2D eigenvalue weighted by Gasteiger charge is 2.11. The first-order chi connectivity index (χ1) is 11.0. The molecular formula is C16H25N3O4. The number of ether oxygens (including phenoxy) is 1. The molecule has 0 aliphatic heterocycles. The fraction of sp³-hybridized carbons (Fsp3) is 0.500. The number of nitrogens with zero attached hydrogens (tertiary/aromatic N) is 1. The minimum Gasteiger partial charge on any atom is -0.449 e. The molecule has 3 amide bonds. The molecule has 0 heterocycles. The van der Waals surface area contributed by atoms with Crippen LogP contribution in [0.5, 0.6) is 0 Å². The van der Waals surface area contributed by atoms with Crippen molar-refractivity contribution in [2.45, 2.75) is 32.8 Å². The summed E-state index contributed by atoms with van der Waals surface area (Å²) in [4.78, 5) is 24.7. The van der Waals surface area contributed by atoms with Gasteiger partial charge < -0.3 is 20.5 Å². The summed E-state index contributed by atoms with van der Waals surface area (Å²) >= 11 is 0. The summed E-state index contributed by atoms with van der Waals surface area (Å²) < 4.78 is 4.91. The van der Waals surface area contributed by atoms with Gasteiger partial charge in [-0.2, -0.15) is 0 Å². The third-order valence-corrected chi connectivity index (χ3v) is 3.17. The molecule has 23 heavy (non-hydrogen) atoms. The predicted octanol–water partition coefficient (Wildman–Crippen LogP) is 2.56. The second-order valence-corrected chi connectivity index (χ2v) is 5.08. The fourth-order valence-electron chi connectivity index (χ4n) is 1.92. The van der Waals surface area contributed by atoms with E-state index in [4.69, 9.17) is 4.74 Å². The quantitative estimate of drug-likeness (QED) is 0.719. The normalized spacial score (nSPS) is 11.5. The molecule has 0 unspecified atom stereocenters. The van der Waals surface area contributed by atoms with Crippen LogP contribution in [0.4, 0.5) is 21.0 Å². The van der Waals surface area contributed by atoms with Gasteiger partial charge in [0.15, 0.2) is 0 Å². The Morgan fingerprint density at radius 3 is 2.48 bits per heavy atom. The Morgan fingerprint density at radius 2 is 1.91 bits per heavy atom. The van der Waals surface area contributed by atoms with E-state index in [1.165, 1.54) is 4.90 Å². The van der Waals surface area contributed by atoms with E-state index in [0.29, 0.717) is 24.4 Å². The van der Waals surface area contributed by atoms with Crippen LogP contribution < -0.4 is 15.5 Å². The van der Waals surface area contributed by atoms with Crippen LogP contribution in [0.15, 0.2) is 24.3 Å². The number of aliphatic hydroxyl groups is 1. The fourth-order valence-corrected chi connectivity index (χ4v) is 1.92. The number of hydrogen-bond donors (Lipinski definition) is 3. The van der Waals surface area contributed by atoms with E-state index in [9.17, 15) is 14.7 Å². The van der Waals surface area contributed by atoms with Crippen molar-refractivity contribution in [3.05, 3.63) is 24.3 Å². The van der Waals surface area contributed by atoms with Gasteiger partial charge in [0, 0.05) is 25.0 Å². The van der Waals surface area contributed by atoms with Crippen LogP contribution in [-0.4, -0.2) is 43.5 Å². The maximum atomic E-state index is 11.7. The summed E-state index contributed by atoms with van der Waals surface area (Å²) in [5.74, 6) is 0. The minimum absolute atomic E-state index is 0.212. The van der Waals surface area contributed by atoms with Crippen LogP contribution in [0.2, 0.25) is 0 Å². The van der Waals surface area contributed by atoms with Gasteiger partial charge in [-0.05, 0) is 37.6 Å². The molecule has 128 valence electrons. The van der Waals surface area contributed by atoms with Gasteiger partial charge in [0.25, 0.3) is 0 Å². The summed E-state index contributed by atoms with van der Waals surface area (Å²) in [6, 6.07) is 6.41. The van der Waals surface area contributed by atoms with Gasteiger partial charge in [-0.15, -0.1) is 0 Å². The van der Waals surface area contributed by atoms with E-state index >= 15 is 0 Å². The molecule has 0 aromatic heterocycles. The summed E-state index contributed by atoms with van der Waals surface area (Å²) in [6.45, 7) is 4.24. The molecule has 0 aliphatic rings. The van der Waals surface area contributed by atoms with Crippen molar-refractivity contribution in [2.24, 2.45) is 0 Å². The largest absolute Gasteiger partial charge is 0.449 e. The molecule has 7 nitrogen and oxygen atoms in total. The van der Waals surface area contributed by atoms with Crippen molar-refractivity contribution in [1.82, 2.24) is 5.32 Å². The lowest BCUT2D eigenvalue weighted by molar-refractivity contribution is 0.161. The maximum Gasteiger partial charge on any atom is 0.413 e. The number of hydrogen-bond acceptors (Lipinski definition) is 4. The third-order valence-electron chi connectivity index (χ3n) is 3.17. The van der Waals surface area contributed by atoms with Crippen LogP contribution in [0.25, 0.3) is 0 Å². The molecule has 1 aromatic rings. The van der Waals surface area contributed by atoms with E-state index < -0.39 is 12.2 Å². The molecule has 7 heteroatoms. The number of benzene rings is 1. The highest BCUT2D eigenvalue weighted by atomic mass is 16.6. The van der Waals surface area contributed by atoms with E-state index in [1.807, 2.05) is 6.92 Å². The Balaban J connectivity index is 2.50. The van der Waals surface area contributed by atoms with E-state index in [1.54, 1.807) is 38.2 Å². The maximum absolute atomic E-state index is 11.7. The number of carbonyl (C=O) groups is 2. The average Bonchev–Trinajstić information content (AvgIpc) is 2.53. The highest BCUT2D eigenvalue weighted by Crippen LogP contribution is 2.17. The Morgan fingerprint density at radius 1 is 1.26 bits per heavy atom. The topological polar surface area (TPSA) is 90.9 Å². The van der Waals surface area contributed by atoms with E-state index in [0.717, 1.165) is 6.42 Å². The number of urea groups is 1. The molecule has 0 saturated carbocycles. The molecular weight excluding hydrogens is 298 g/mol. The molecule has 1 atom stereocenters.